The van der Waals surface area contributed by atoms with Gasteiger partial charge in [-0.3, -0.25) is 9.59 Å². The molecular weight excluding hydrogens is 256 g/mol. The van der Waals surface area contributed by atoms with Gasteiger partial charge in [0.05, 0.1) is 0 Å². The zero-order chi connectivity index (χ0) is 15.2. The van der Waals surface area contributed by atoms with Gasteiger partial charge in [-0.15, -0.1) is 0 Å². The number of carboxylic acid groups (broad SMARTS) is 1. The third-order valence-corrected chi connectivity index (χ3v) is 3.06. The SMILES string of the molecule is CC(C)(CCC(=O)O)NC(=O)c1ccc(CCN)cc1. The molecular formula is C15H22N2O3. The highest BCUT2D eigenvalue weighted by atomic mass is 16.4. The van der Waals surface area contributed by atoms with Gasteiger partial charge in [-0.1, -0.05) is 12.1 Å². The molecule has 0 aromatic heterocycles. The summed E-state index contributed by atoms with van der Waals surface area (Å²) in [6, 6.07) is 7.28. The zero-order valence-corrected chi connectivity index (χ0v) is 12.0. The lowest BCUT2D eigenvalue weighted by Crippen LogP contribution is -2.43. The Morgan fingerprint density at radius 2 is 1.85 bits per heavy atom. The highest BCUT2D eigenvalue weighted by Gasteiger charge is 2.22. The van der Waals surface area contributed by atoms with Gasteiger partial charge in [0.1, 0.15) is 0 Å². The van der Waals surface area contributed by atoms with Crippen molar-refractivity contribution in [2.45, 2.75) is 38.6 Å². The molecule has 1 aromatic carbocycles. The van der Waals surface area contributed by atoms with Crippen molar-refractivity contribution < 1.29 is 14.7 Å². The zero-order valence-electron chi connectivity index (χ0n) is 12.0. The van der Waals surface area contributed by atoms with Crippen molar-refractivity contribution in [3.63, 3.8) is 0 Å². The molecule has 0 bridgehead atoms. The molecule has 4 N–H and O–H groups in total. The number of carbonyl (C=O) groups excluding carboxylic acids is 1. The van der Waals surface area contributed by atoms with Crippen LogP contribution in [-0.4, -0.2) is 29.1 Å². The van der Waals surface area contributed by atoms with E-state index in [0.717, 1.165) is 12.0 Å². The van der Waals surface area contributed by atoms with E-state index in [1.807, 2.05) is 26.0 Å². The number of carbonyl (C=O) groups is 2. The van der Waals surface area contributed by atoms with Gasteiger partial charge in [0, 0.05) is 17.5 Å². The van der Waals surface area contributed by atoms with E-state index in [1.165, 1.54) is 0 Å². The second-order valence-electron chi connectivity index (χ2n) is 5.47. The van der Waals surface area contributed by atoms with Crippen LogP contribution in [0.2, 0.25) is 0 Å². The van der Waals surface area contributed by atoms with Crippen LogP contribution in [0, 0.1) is 0 Å². The lowest BCUT2D eigenvalue weighted by atomic mass is 9.97. The maximum Gasteiger partial charge on any atom is 0.303 e. The molecule has 0 unspecified atom stereocenters. The van der Waals surface area contributed by atoms with Crippen molar-refractivity contribution in [3.05, 3.63) is 35.4 Å². The summed E-state index contributed by atoms with van der Waals surface area (Å²) in [5, 5.41) is 11.5. The van der Waals surface area contributed by atoms with Crippen molar-refractivity contribution in [2.24, 2.45) is 5.73 Å². The fourth-order valence-corrected chi connectivity index (χ4v) is 1.85. The number of nitrogens with one attached hydrogen (secondary N) is 1. The first-order valence-electron chi connectivity index (χ1n) is 6.67. The van der Waals surface area contributed by atoms with Crippen LogP contribution in [0.3, 0.4) is 0 Å². The van der Waals surface area contributed by atoms with Crippen molar-refractivity contribution in [1.82, 2.24) is 5.32 Å². The predicted molar refractivity (Wildman–Crippen MR) is 77.6 cm³/mol. The summed E-state index contributed by atoms with van der Waals surface area (Å²) in [5.74, 6) is -1.06. The van der Waals surface area contributed by atoms with Crippen molar-refractivity contribution in [3.8, 4) is 0 Å². The van der Waals surface area contributed by atoms with Crippen molar-refractivity contribution in [2.75, 3.05) is 6.54 Å². The van der Waals surface area contributed by atoms with Crippen LogP contribution in [0.4, 0.5) is 0 Å². The van der Waals surface area contributed by atoms with E-state index in [1.54, 1.807) is 12.1 Å². The van der Waals surface area contributed by atoms with Crippen LogP contribution in [0.1, 0.15) is 42.6 Å². The van der Waals surface area contributed by atoms with Crippen molar-refractivity contribution in [1.29, 1.82) is 0 Å². The van der Waals surface area contributed by atoms with Gasteiger partial charge in [0.25, 0.3) is 5.91 Å². The van der Waals surface area contributed by atoms with Gasteiger partial charge in [0.2, 0.25) is 0 Å². The van der Waals surface area contributed by atoms with E-state index in [2.05, 4.69) is 5.32 Å². The lowest BCUT2D eigenvalue weighted by molar-refractivity contribution is -0.137. The first-order chi connectivity index (χ1) is 9.34. The lowest BCUT2D eigenvalue weighted by Gasteiger charge is -2.25. The second kappa shape index (κ2) is 7.05. The van der Waals surface area contributed by atoms with Crippen LogP contribution in [-0.2, 0) is 11.2 Å². The first kappa shape index (κ1) is 16.2. The predicted octanol–water partition coefficient (Wildman–Crippen LogP) is 1.56. The Kier molecular flexibility index (Phi) is 5.70. The number of benzene rings is 1. The third-order valence-electron chi connectivity index (χ3n) is 3.06. The molecule has 0 aliphatic carbocycles. The minimum Gasteiger partial charge on any atom is -0.481 e. The standard InChI is InChI=1S/C15H22N2O3/c1-15(2,9-7-13(18)19)17-14(20)12-5-3-11(4-6-12)8-10-16/h3-6H,7-10,16H2,1-2H3,(H,17,20)(H,18,19). The number of nitrogens with two attached hydrogens (primary N) is 1. The molecule has 0 aliphatic rings. The van der Waals surface area contributed by atoms with E-state index in [9.17, 15) is 9.59 Å². The molecule has 0 heterocycles. The van der Waals surface area contributed by atoms with E-state index in [-0.39, 0.29) is 12.3 Å². The summed E-state index contributed by atoms with van der Waals surface area (Å²) < 4.78 is 0. The number of rotatable bonds is 7. The van der Waals surface area contributed by atoms with Crippen molar-refractivity contribution >= 4 is 11.9 Å². The minimum atomic E-state index is -0.863. The molecule has 20 heavy (non-hydrogen) atoms. The largest absolute Gasteiger partial charge is 0.481 e. The van der Waals surface area contributed by atoms with E-state index in [4.69, 9.17) is 10.8 Å². The molecule has 1 amide bonds. The van der Waals surface area contributed by atoms with Gasteiger partial charge in [0.15, 0.2) is 0 Å². The minimum absolute atomic E-state index is 0.0305. The van der Waals surface area contributed by atoms with E-state index >= 15 is 0 Å². The van der Waals surface area contributed by atoms with E-state index < -0.39 is 11.5 Å². The van der Waals surface area contributed by atoms with Gasteiger partial charge in [-0.25, -0.2) is 0 Å². The smallest absolute Gasteiger partial charge is 0.303 e. The van der Waals surface area contributed by atoms with Gasteiger partial charge in [-0.2, -0.15) is 0 Å². The van der Waals surface area contributed by atoms with Crippen LogP contribution >= 0.6 is 0 Å². The Hall–Kier alpha value is -1.88. The average Bonchev–Trinajstić information content (AvgIpc) is 2.37. The molecule has 0 radical (unpaired) electrons. The normalized spacial score (nSPS) is 11.2. The maximum absolute atomic E-state index is 12.1. The van der Waals surface area contributed by atoms with Crippen LogP contribution < -0.4 is 11.1 Å². The summed E-state index contributed by atoms with van der Waals surface area (Å²) in [6.07, 6.45) is 1.20. The van der Waals surface area contributed by atoms with Crippen LogP contribution in [0.15, 0.2) is 24.3 Å². The fourth-order valence-electron chi connectivity index (χ4n) is 1.85. The van der Waals surface area contributed by atoms with Crippen LogP contribution in [0.5, 0.6) is 0 Å². The Morgan fingerprint density at radius 3 is 2.35 bits per heavy atom. The molecule has 110 valence electrons. The number of hydrogen-bond donors (Lipinski definition) is 3. The molecule has 5 nitrogen and oxygen atoms in total. The highest BCUT2D eigenvalue weighted by molar-refractivity contribution is 5.94. The molecule has 5 heteroatoms. The number of amides is 1. The summed E-state index contributed by atoms with van der Waals surface area (Å²) >= 11 is 0. The molecule has 0 saturated heterocycles. The van der Waals surface area contributed by atoms with Gasteiger partial charge in [-0.05, 0) is 50.9 Å². The summed E-state index contributed by atoms with van der Waals surface area (Å²) in [6.45, 7) is 4.21. The molecule has 0 saturated carbocycles. The third kappa shape index (κ3) is 5.40. The quantitative estimate of drug-likeness (QED) is 0.705. The number of aliphatic carboxylic acids is 1. The second-order valence-corrected chi connectivity index (χ2v) is 5.47. The van der Waals surface area contributed by atoms with Gasteiger partial charge < -0.3 is 16.2 Å². The summed E-state index contributed by atoms with van der Waals surface area (Å²) in [7, 11) is 0. The Morgan fingerprint density at radius 1 is 1.25 bits per heavy atom. The Bertz CT molecular complexity index is 467. The Labute approximate surface area is 119 Å². The molecule has 1 aromatic rings. The number of hydrogen-bond acceptors (Lipinski definition) is 3. The Balaban J connectivity index is 2.63. The molecule has 1 rings (SSSR count). The molecule has 0 spiro atoms. The highest BCUT2D eigenvalue weighted by Crippen LogP contribution is 2.13. The number of carboxylic acids is 1. The van der Waals surface area contributed by atoms with Crippen LogP contribution in [0.25, 0.3) is 0 Å². The molecule has 0 fully saturated rings. The average molecular weight is 278 g/mol. The van der Waals surface area contributed by atoms with Gasteiger partial charge >= 0.3 is 5.97 Å². The molecule has 0 aliphatic heterocycles. The summed E-state index contributed by atoms with van der Waals surface area (Å²) in [5.41, 5.74) is 6.58. The monoisotopic (exact) mass is 278 g/mol. The molecule has 0 atom stereocenters. The maximum atomic E-state index is 12.1. The topological polar surface area (TPSA) is 92.4 Å². The fraction of sp³-hybridized carbons (Fsp3) is 0.467. The summed E-state index contributed by atoms with van der Waals surface area (Å²) in [4.78, 5) is 22.7. The first-order valence-corrected chi connectivity index (χ1v) is 6.67. The van der Waals surface area contributed by atoms with E-state index in [0.29, 0.717) is 18.5 Å².